The summed E-state index contributed by atoms with van der Waals surface area (Å²) in [7, 11) is 1.84. The van der Waals surface area contributed by atoms with Crippen molar-refractivity contribution in [3.05, 3.63) is 53.3 Å². The molecular formula is C13H14ClN3O. The van der Waals surface area contributed by atoms with Gasteiger partial charge in [0, 0.05) is 36.8 Å². The van der Waals surface area contributed by atoms with E-state index in [-0.39, 0.29) is 5.91 Å². The van der Waals surface area contributed by atoms with Gasteiger partial charge in [-0.1, -0.05) is 12.1 Å². The molecule has 0 saturated heterocycles. The van der Waals surface area contributed by atoms with Gasteiger partial charge in [-0.2, -0.15) is 5.10 Å². The van der Waals surface area contributed by atoms with Crippen LogP contribution in [0.2, 0.25) is 0 Å². The lowest BCUT2D eigenvalue weighted by atomic mass is 10.1. The number of aromatic nitrogens is 2. The molecule has 1 N–H and O–H groups in total. The normalized spacial score (nSPS) is 10.3. The molecule has 2 aromatic rings. The van der Waals surface area contributed by atoms with Gasteiger partial charge in [0.15, 0.2) is 0 Å². The summed E-state index contributed by atoms with van der Waals surface area (Å²) >= 11 is 5.74. The molecular weight excluding hydrogens is 250 g/mol. The number of nitrogens with one attached hydrogen (secondary N) is 1. The zero-order valence-electron chi connectivity index (χ0n) is 10.1. The molecule has 0 saturated carbocycles. The minimum absolute atomic E-state index is 0.106. The number of hydrogen-bond donors (Lipinski definition) is 1. The molecule has 0 spiro atoms. The van der Waals surface area contributed by atoms with E-state index in [2.05, 4.69) is 10.4 Å². The Hall–Kier alpha value is -1.81. The second-order valence-electron chi connectivity index (χ2n) is 4.04. The smallest absolute Gasteiger partial charge is 0.251 e. The highest BCUT2D eigenvalue weighted by molar-refractivity contribution is 6.17. The van der Waals surface area contributed by atoms with Crippen molar-refractivity contribution in [2.45, 2.75) is 12.4 Å². The highest BCUT2D eigenvalue weighted by Crippen LogP contribution is 2.08. The molecule has 94 valence electrons. The zero-order valence-corrected chi connectivity index (χ0v) is 10.8. The van der Waals surface area contributed by atoms with E-state index in [0.717, 1.165) is 11.1 Å². The maximum Gasteiger partial charge on any atom is 0.251 e. The number of carbonyl (C=O) groups excluding carboxylic acids is 1. The van der Waals surface area contributed by atoms with Crippen molar-refractivity contribution in [3.63, 3.8) is 0 Å². The molecule has 2 rings (SSSR count). The molecule has 18 heavy (non-hydrogen) atoms. The average molecular weight is 264 g/mol. The van der Waals surface area contributed by atoms with Crippen LogP contribution in [0.15, 0.2) is 36.7 Å². The van der Waals surface area contributed by atoms with Crippen molar-refractivity contribution in [2.75, 3.05) is 0 Å². The Labute approximate surface area is 111 Å². The number of aryl methyl sites for hydroxylation is 1. The van der Waals surface area contributed by atoms with Gasteiger partial charge in [-0.3, -0.25) is 9.48 Å². The van der Waals surface area contributed by atoms with Crippen LogP contribution < -0.4 is 5.32 Å². The number of carbonyl (C=O) groups is 1. The van der Waals surface area contributed by atoms with Crippen molar-refractivity contribution < 1.29 is 4.79 Å². The second-order valence-corrected chi connectivity index (χ2v) is 4.31. The van der Waals surface area contributed by atoms with Gasteiger partial charge in [-0.05, 0) is 17.7 Å². The first-order valence-corrected chi connectivity index (χ1v) is 6.13. The van der Waals surface area contributed by atoms with E-state index in [9.17, 15) is 4.79 Å². The molecule has 0 aliphatic carbocycles. The number of hydrogen-bond acceptors (Lipinski definition) is 2. The summed E-state index contributed by atoms with van der Waals surface area (Å²) in [6.45, 7) is 0.470. The largest absolute Gasteiger partial charge is 0.348 e. The maximum atomic E-state index is 11.9. The molecule has 0 unspecified atom stereocenters. The summed E-state index contributed by atoms with van der Waals surface area (Å²) in [4.78, 5) is 11.9. The molecule has 0 radical (unpaired) electrons. The number of halogens is 1. The lowest BCUT2D eigenvalue weighted by Crippen LogP contribution is -2.22. The second kappa shape index (κ2) is 5.69. The van der Waals surface area contributed by atoms with Crippen molar-refractivity contribution in [3.8, 4) is 0 Å². The Kier molecular flexibility index (Phi) is 3.99. The van der Waals surface area contributed by atoms with Gasteiger partial charge in [0.1, 0.15) is 0 Å². The molecule has 1 amide bonds. The highest BCUT2D eigenvalue weighted by Gasteiger charge is 2.06. The highest BCUT2D eigenvalue weighted by atomic mass is 35.5. The fourth-order valence-corrected chi connectivity index (χ4v) is 1.81. The van der Waals surface area contributed by atoms with Gasteiger partial charge in [-0.25, -0.2) is 0 Å². The number of rotatable bonds is 4. The summed E-state index contributed by atoms with van der Waals surface area (Å²) in [5.41, 5.74) is 2.53. The Bertz CT molecular complexity index is 551. The first-order valence-electron chi connectivity index (χ1n) is 5.59. The molecule has 0 fully saturated rings. The van der Waals surface area contributed by atoms with Gasteiger partial charge >= 0.3 is 0 Å². The Balaban J connectivity index is 1.99. The lowest BCUT2D eigenvalue weighted by Gasteiger charge is -2.04. The maximum absolute atomic E-state index is 11.9. The van der Waals surface area contributed by atoms with Gasteiger partial charge in [0.2, 0.25) is 0 Å². The van der Waals surface area contributed by atoms with E-state index in [0.29, 0.717) is 18.0 Å². The minimum atomic E-state index is -0.106. The van der Waals surface area contributed by atoms with Crippen LogP contribution in [0, 0.1) is 0 Å². The monoisotopic (exact) mass is 263 g/mol. The quantitative estimate of drug-likeness (QED) is 0.859. The number of benzene rings is 1. The predicted molar refractivity (Wildman–Crippen MR) is 70.4 cm³/mol. The number of alkyl halides is 1. The van der Waals surface area contributed by atoms with Crippen LogP contribution in [0.5, 0.6) is 0 Å². The molecule has 4 nitrogen and oxygen atoms in total. The fourth-order valence-electron chi connectivity index (χ4n) is 1.64. The van der Waals surface area contributed by atoms with Crippen molar-refractivity contribution in [1.29, 1.82) is 0 Å². The van der Waals surface area contributed by atoms with Crippen LogP contribution in [0.25, 0.3) is 0 Å². The minimum Gasteiger partial charge on any atom is -0.348 e. The molecule has 1 aromatic carbocycles. The van der Waals surface area contributed by atoms with Gasteiger partial charge in [0.25, 0.3) is 5.91 Å². The Morgan fingerprint density at radius 3 is 2.94 bits per heavy atom. The molecule has 0 aliphatic heterocycles. The van der Waals surface area contributed by atoms with E-state index in [1.807, 2.05) is 25.4 Å². The zero-order chi connectivity index (χ0) is 13.0. The van der Waals surface area contributed by atoms with E-state index >= 15 is 0 Å². The van der Waals surface area contributed by atoms with Crippen LogP contribution in [-0.2, 0) is 19.5 Å². The predicted octanol–water partition coefficient (Wildman–Crippen LogP) is 2.09. The van der Waals surface area contributed by atoms with Crippen LogP contribution in [0.1, 0.15) is 21.5 Å². The van der Waals surface area contributed by atoms with Gasteiger partial charge in [-0.15, -0.1) is 11.6 Å². The first-order chi connectivity index (χ1) is 8.69. The van der Waals surface area contributed by atoms with Crippen molar-refractivity contribution in [2.24, 2.45) is 7.05 Å². The summed E-state index contributed by atoms with van der Waals surface area (Å²) in [6.07, 6.45) is 3.60. The Morgan fingerprint density at radius 1 is 1.44 bits per heavy atom. The van der Waals surface area contributed by atoms with E-state index in [1.54, 1.807) is 23.0 Å². The first kappa shape index (κ1) is 12.6. The molecule has 0 atom stereocenters. The molecule has 1 heterocycles. The Morgan fingerprint density at radius 2 is 2.28 bits per heavy atom. The third kappa shape index (κ3) is 3.11. The van der Waals surface area contributed by atoms with E-state index in [4.69, 9.17) is 11.6 Å². The summed E-state index contributed by atoms with van der Waals surface area (Å²) in [5, 5.41) is 6.89. The fraction of sp³-hybridized carbons (Fsp3) is 0.231. The van der Waals surface area contributed by atoms with Crippen LogP contribution in [0.4, 0.5) is 0 Å². The standard InChI is InChI=1S/C13H14ClN3O/c1-17-9-11(8-16-17)7-15-13(18)12-4-2-3-10(5-12)6-14/h2-5,8-9H,6-7H2,1H3,(H,15,18). The topological polar surface area (TPSA) is 46.9 Å². The van der Waals surface area contributed by atoms with Crippen molar-refractivity contribution >= 4 is 17.5 Å². The molecule has 0 bridgehead atoms. The number of nitrogens with zero attached hydrogens (tertiary/aromatic N) is 2. The molecule has 5 heteroatoms. The third-order valence-electron chi connectivity index (χ3n) is 2.55. The van der Waals surface area contributed by atoms with Gasteiger partial charge < -0.3 is 5.32 Å². The lowest BCUT2D eigenvalue weighted by molar-refractivity contribution is 0.0951. The van der Waals surface area contributed by atoms with E-state index < -0.39 is 0 Å². The third-order valence-corrected chi connectivity index (χ3v) is 2.86. The average Bonchev–Trinajstić information content (AvgIpc) is 2.82. The number of amides is 1. The summed E-state index contributed by atoms with van der Waals surface area (Å²) < 4.78 is 1.70. The van der Waals surface area contributed by atoms with Crippen LogP contribution in [0.3, 0.4) is 0 Å². The van der Waals surface area contributed by atoms with Crippen LogP contribution >= 0.6 is 11.6 Å². The van der Waals surface area contributed by atoms with Gasteiger partial charge in [0.05, 0.1) is 6.20 Å². The summed E-state index contributed by atoms with van der Waals surface area (Å²) in [5.74, 6) is 0.301. The molecule has 1 aromatic heterocycles. The van der Waals surface area contributed by atoms with E-state index in [1.165, 1.54) is 0 Å². The summed E-state index contributed by atoms with van der Waals surface area (Å²) in [6, 6.07) is 7.29. The molecule has 0 aliphatic rings. The van der Waals surface area contributed by atoms with Crippen LogP contribution in [-0.4, -0.2) is 15.7 Å². The SMILES string of the molecule is Cn1cc(CNC(=O)c2cccc(CCl)c2)cn1. The van der Waals surface area contributed by atoms with Crippen molar-refractivity contribution in [1.82, 2.24) is 15.1 Å².